The summed E-state index contributed by atoms with van der Waals surface area (Å²) >= 11 is 0. The average molecular weight is 494 g/mol. The van der Waals surface area contributed by atoms with E-state index < -0.39 is 0 Å². The fourth-order valence-corrected chi connectivity index (χ4v) is 2.97. The summed E-state index contributed by atoms with van der Waals surface area (Å²) in [5, 5.41) is 15.5. The molecule has 2 N–H and O–H groups in total. The number of hydrogen-bond acceptors (Lipinski definition) is 4. The van der Waals surface area contributed by atoms with E-state index in [2.05, 4.69) is 25.8 Å². The summed E-state index contributed by atoms with van der Waals surface area (Å²) in [6, 6.07) is 10.3. The van der Waals surface area contributed by atoms with Crippen molar-refractivity contribution in [3.05, 3.63) is 65.6 Å². The minimum Gasteiger partial charge on any atom is -0.459 e. The highest BCUT2D eigenvalue weighted by Crippen LogP contribution is 2.25. The average Bonchev–Trinajstić information content (AvgIpc) is 3.23. The Balaban J connectivity index is 0.00000225. The third-order valence-corrected chi connectivity index (χ3v) is 4.44. The second kappa shape index (κ2) is 8.55. The van der Waals surface area contributed by atoms with Crippen LogP contribution < -0.4 is 10.6 Å². The van der Waals surface area contributed by atoms with Gasteiger partial charge in [-0.25, -0.2) is 4.39 Å². The molecular weight excluding hydrogens is 474 g/mol. The van der Waals surface area contributed by atoms with Crippen molar-refractivity contribution in [3.63, 3.8) is 0 Å². The van der Waals surface area contributed by atoms with Crippen molar-refractivity contribution in [2.45, 2.75) is 20.0 Å². The highest BCUT2D eigenvalue weighted by Gasteiger charge is 2.12. The number of furan rings is 1. The summed E-state index contributed by atoms with van der Waals surface area (Å²) in [7, 11) is 1.69. The Hall–Kier alpha value is -2.69. The molecule has 4 aromatic rings. The number of pyridine rings is 1. The fraction of sp³-hybridized carbons (Fsp3) is 0.211. The van der Waals surface area contributed by atoms with Crippen LogP contribution in [0.25, 0.3) is 16.6 Å². The Morgan fingerprint density at radius 2 is 2.00 bits per heavy atom. The topological polar surface area (TPSA) is 79.8 Å². The van der Waals surface area contributed by atoms with Crippen LogP contribution in [-0.2, 0) is 13.1 Å². The lowest BCUT2D eigenvalue weighted by atomic mass is 10.1. The Bertz CT molecular complexity index is 1140. The van der Waals surface area contributed by atoms with Crippen LogP contribution in [0.5, 0.6) is 0 Å². The smallest absolute Gasteiger partial charge is 0.191 e. The van der Waals surface area contributed by atoms with Crippen LogP contribution in [0, 0.1) is 12.7 Å². The molecule has 0 aliphatic heterocycles. The molecule has 0 radical (unpaired) electrons. The molecule has 1 aromatic carbocycles. The van der Waals surface area contributed by atoms with E-state index in [4.69, 9.17) is 4.42 Å². The van der Waals surface area contributed by atoms with Gasteiger partial charge in [0.2, 0.25) is 0 Å². The maximum absolute atomic E-state index is 13.4. The predicted molar refractivity (Wildman–Crippen MR) is 116 cm³/mol. The number of halogens is 2. The second-order valence-electron chi connectivity index (χ2n) is 6.12. The zero-order chi connectivity index (χ0) is 18.8. The zero-order valence-electron chi connectivity index (χ0n) is 15.4. The molecule has 0 unspecified atom stereocenters. The van der Waals surface area contributed by atoms with Gasteiger partial charge in [0.1, 0.15) is 17.2 Å². The van der Waals surface area contributed by atoms with Crippen molar-refractivity contribution in [1.82, 2.24) is 25.2 Å². The van der Waals surface area contributed by atoms with Gasteiger partial charge in [0, 0.05) is 24.2 Å². The van der Waals surface area contributed by atoms with Crippen molar-refractivity contribution in [1.29, 1.82) is 0 Å². The first kappa shape index (κ1) is 20.1. The van der Waals surface area contributed by atoms with E-state index >= 15 is 0 Å². The first-order chi connectivity index (χ1) is 13.2. The molecule has 7 nitrogen and oxygen atoms in total. The van der Waals surface area contributed by atoms with Gasteiger partial charge in [-0.3, -0.25) is 9.39 Å². The molecule has 0 fully saturated rings. The monoisotopic (exact) mass is 494 g/mol. The molecule has 146 valence electrons. The molecule has 0 spiro atoms. The molecule has 0 bridgehead atoms. The molecule has 0 amide bonds. The Morgan fingerprint density at radius 3 is 2.82 bits per heavy atom. The van der Waals surface area contributed by atoms with E-state index in [1.807, 2.05) is 35.7 Å². The minimum atomic E-state index is -0.274. The highest BCUT2D eigenvalue weighted by molar-refractivity contribution is 14.0. The van der Waals surface area contributed by atoms with Crippen LogP contribution in [0.1, 0.15) is 17.1 Å². The van der Waals surface area contributed by atoms with Crippen molar-refractivity contribution < 1.29 is 8.81 Å². The first-order valence-electron chi connectivity index (χ1n) is 8.56. The third kappa shape index (κ3) is 3.93. The SMILES string of the molecule is CN=C(NCc1oc2ccc(F)cc2c1C)NCc1nnc2ccccn12.I. The van der Waals surface area contributed by atoms with Gasteiger partial charge in [-0.15, -0.1) is 34.2 Å². The third-order valence-electron chi connectivity index (χ3n) is 4.44. The predicted octanol–water partition coefficient (Wildman–Crippen LogP) is 3.41. The lowest BCUT2D eigenvalue weighted by molar-refractivity contribution is 0.533. The van der Waals surface area contributed by atoms with Gasteiger partial charge in [0.15, 0.2) is 17.4 Å². The van der Waals surface area contributed by atoms with Crippen molar-refractivity contribution in [3.8, 4) is 0 Å². The van der Waals surface area contributed by atoms with Gasteiger partial charge in [-0.1, -0.05) is 6.07 Å². The number of hydrogen-bond donors (Lipinski definition) is 2. The van der Waals surface area contributed by atoms with E-state index in [9.17, 15) is 4.39 Å². The molecule has 3 aromatic heterocycles. The molecule has 9 heteroatoms. The van der Waals surface area contributed by atoms with Crippen LogP contribution in [0.3, 0.4) is 0 Å². The molecule has 3 heterocycles. The van der Waals surface area contributed by atoms with Crippen molar-refractivity contribution in [2.24, 2.45) is 4.99 Å². The summed E-state index contributed by atoms with van der Waals surface area (Å²) in [5.41, 5.74) is 2.38. The Labute approximate surface area is 178 Å². The summed E-state index contributed by atoms with van der Waals surface area (Å²) in [5.74, 6) is 1.85. The Kier molecular flexibility index (Phi) is 6.12. The number of nitrogens with zero attached hydrogens (tertiary/aromatic N) is 4. The normalized spacial score (nSPS) is 11.6. The van der Waals surface area contributed by atoms with Crippen LogP contribution >= 0.6 is 24.0 Å². The maximum Gasteiger partial charge on any atom is 0.191 e. The summed E-state index contributed by atoms with van der Waals surface area (Å²) in [6.45, 7) is 2.82. The molecule has 0 aliphatic carbocycles. The number of rotatable bonds is 4. The summed E-state index contributed by atoms with van der Waals surface area (Å²) < 4.78 is 21.2. The van der Waals surface area contributed by atoms with Crippen molar-refractivity contribution in [2.75, 3.05) is 7.05 Å². The number of nitrogens with one attached hydrogen (secondary N) is 2. The van der Waals surface area contributed by atoms with E-state index in [-0.39, 0.29) is 29.8 Å². The zero-order valence-corrected chi connectivity index (χ0v) is 17.8. The molecule has 0 aliphatic rings. The lowest BCUT2D eigenvalue weighted by Crippen LogP contribution is -2.36. The van der Waals surface area contributed by atoms with Gasteiger partial charge >= 0.3 is 0 Å². The van der Waals surface area contributed by atoms with Gasteiger partial charge in [-0.2, -0.15) is 0 Å². The van der Waals surface area contributed by atoms with E-state index in [0.29, 0.717) is 24.6 Å². The Morgan fingerprint density at radius 1 is 1.18 bits per heavy atom. The second-order valence-corrected chi connectivity index (χ2v) is 6.12. The number of aromatic nitrogens is 3. The lowest BCUT2D eigenvalue weighted by Gasteiger charge is -2.10. The van der Waals surface area contributed by atoms with E-state index in [1.165, 1.54) is 12.1 Å². The molecule has 4 rings (SSSR count). The van der Waals surface area contributed by atoms with Gasteiger partial charge < -0.3 is 15.1 Å². The van der Waals surface area contributed by atoms with Gasteiger partial charge in [-0.05, 0) is 37.3 Å². The van der Waals surface area contributed by atoms with Crippen LogP contribution in [0.2, 0.25) is 0 Å². The largest absolute Gasteiger partial charge is 0.459 e. The van der Waals surface area contributed by atoms with Crippen molar-refractivity contribution >= 4 is 46.6 Å². The highest BCUT2D eigenvalue weighted by atomic mass is 127. The van der Waals surface area contributed by atoms with Crippen LogP contribution in [-0.4, -0.2) is 27.6 Å². The standard InChI is InChI=1S/C19H19FN6O.HI/c1-12-14-9-13(20)6-7-15(14)27-16(12)10-22-19(21-2)23-11-18-25-24-17-5-3-4-8-26(17)18;/h3-9H,10-11H2,1-2H3,(H2,21,22,23);1H. The van der Waals surface area contributed by atoms with Crippen LogP contribution in [0.15, 0.2) is 52.0 Å². The van der Waals surface area contributed by atoms with E-state index in [1.54, 1.807) is 13.1 Å². The molecular formula is C19H20FIN6O. The van der Waals surface area contributed by atoms with Crippen LogP contribution in [0.4, 0.5) is 4.39 Å². The van der Waals surface area contributed by atoms with Gasteiger partial charge in [0.25, 0.3) is 0 Å². The molecule has 0 saturated heterocycles. The number of benzene rings is 1. The molecule has 0 atom stereocenters. The van der Waals surface area contributed by atoms with Gasteiger partial charge in [0.05, 0.1) is 13.1 Å². The summed E-state index contributed by atoms with van der Waals surface area (Å²) in [4.78, 5) is 4.22. The minimum absolute atomic E-state index is 0. The number of aryl methyl sites for hydroxylation is 1. The van der Waals surface area contributed by atoms with E-state index in [0.717, 1.165) is 28.2 Å². The maximum atomic E-state index is 13.4. The number of fused-ring (bicyclic) bond motifs is 2. The first-order valence-corrected chi connectivity index (χ1v) is 8.56. The number of guanidine groups is 1. The number of aliphatic imine (C=N–C) groups is 1. The quantitative estimate of drug-likeness (QED) is 0.258. The molecule has 28 heavy (non-hydrogen) atoms. The fourth-order valence-electron chi connectivity index (χ4n) is 2.97. The molecule has 0 saturated carbocycles. The summed E-state index contributed by atoms with van der Waals surface area (Å²) in [6.07, 6.45) is 1.92.